The fourth-order valence-electron chi connectivity index (χ4n) is 8.27. The van der Waals surface area contributed by atoms with Gasteiger partial charge in [0.2, 0.25) is 0 Å². The second kappa shape index (κ2) is 12.2. The van der Waals surface area contributed by atoms with Crippen LogP contribution in [0, 0.1) is 0 Å². The molecule has 0 radical (unpaired) electrons. The fraction of sp³-hybridized carbons (Fsp3) is 0. The van der Waals surface area contributed by atoms with Crippen LogP contribution in [0.15, 0.2) is 188 Å². The molecule has 0 amide bonds. The van der Waals surface area contributed by atoms with Gasteiger partial charge in [-0.25, -0.2) is 15.0 Å². The molecule has 3 heteroatoms. The lowest BCUT2D eigenvalue weighted by atomic mass is 9.89. The molecule has 11 rings (SSSR count). The summed E-state index contributed by atoms with van der Waals surface area (Å²) in [6, 6.07) is 67.0. The fourth-order valence-corrected chi connectivity index (χ4v) is 8.27. The van der Waals surface area contributed by atoms with E-state index in [1.165, 1.54) is 48.8 Å². The van der Waals surface area contributed by atoms with Crippen molar-refractivity contribution in [2.75, 3.05) is 0 Å². The van der Waals surface area contributed by atoms with Gasteiger partial charge in [0.15, 0.2) is 17.5 Å². The van der Waals surface area contributed by atoms with E-state index in [2.05, 4.69) is 170 Å². The first-order valence-corrected chi connectivity index (χ1v) is 18.4. The molecule has 1 aromatic heterocycles. The topological polar surface area (TPSA) is 38.7 Å². The largest absolute Gasteiger partial charge is 0.208 e. The molecular weight excluding hydrogens is 655 g/mol. The molecule has 0 aliphatic rings. The van der Waals surface area contributed by atoms with Crippen molar-refractivity contribution in [3.05, 3.63) is 188 Å². The number of hydrogen-bond donors (Lipinski definition) is 0. The molecule has 0 saturated carbocycles. The molecule has 0 atom stereocenters. The summed E-state index contributed by atoms with van der Waals surface area (Å²) < 4.78 is 0. The standard InChI is InChI=1S/C51H31N3/c1-3-10-32(11-4-1)43-18-8-16-33-17-9-19-45(47(33)43)51-53-49(37-12-5-2-6-13-37)52-50(54-51)41-25-23-38-30-40(24-22-39(38)31-41)42-28-26-36-21-20-34-14-7-15-35-27-29-44(42)48(36)46(34)35/h1-31H. The minimum Gasteiger partial charge on any atom is -0.208 e. The van der Waals surface area contributed by atoms with Crippen LogP contribution in [0.5, 0.6) is 0 Å². The minimum absolute atomic E-state index is 0.644. The summed E-state index contributed by atoms with van der Waals surface area (Å²) in [7, 11) is 0. The monoisotopic (exact) mass is 685 g/mol. The Morgan fingerprint density at radius 3 is 1.46 bits per heavy atom. The maximum absolute atomic E-state index is 5.21. The first-order chi connectivity index (χ1) is 26.7. The van der Waals surface area contributed by atoms with Crippen LogP contribution in [-0.2, 0) is 0 Å². The highest BCUT2D eigenvalue weighted by atomic mass is 15.0. The summed E-state index contributed by atoms with van der Waals surface area (Å²) in [5, 5.41) is 12.4. The average molecular weight is 686 g/mol. The van der Waals surface area contributed by atoms with Crippen LogP contribution < -0.4 is 0 Å². The number of rotatable bonds is 5. The van der Waals surface area contributed by atoms with E-state index in [-0.39, 0.29) is 0 Å². The Morgan fingerprint density at radius 2 is 0.741 bits per heavy atom. The highest BCUT2D eigenvalue weighted by Gasteiger charge is 2.17. The van der Waals surface area contributed by atoms with Crippen LogP contribution in [0.1, 0.15) is 0 Å². The molecule has 10 aromatic carbocycles. The lowest BCUT2D eigenvalue weighted by Crippen LogP contribution is -2.01. The zero-order valence-electron chi connectivity index (χ0n) is 29.2. The number of hydrogen-bond acceptors (Lipinski definition) is 3. The van der Waals surface area contributed by atoms with Crippen LogP contribution in [0.3, 0.4) is 0 Å². The number of benzene rings is 10. The third-order valence-corrected chi connectivity index (χ3v) is 10.8. The van der Waals surface area contributed by atoms with Crippen LogP contribution in [0.25, 0.3) is 110 Å². The molecule has 250 valence electrons. The Kier molecular flexibility index (Phi) is 6.86. The van der Waals surface area contributed by atoms with Crippen LogP contribution >= 0.6 is 0 Å². The van der Waals surface area contributed by atoms with Crippen molar-refractivity contribution in [2.24, 2.45) is 0 Å². The predicted octanol–water partition coefficient (Wildman–Crippen LogP) is 13.4. The lowest BCUT2D eigenvalue weighted by molar-refractivity contribution is 1.08. The Hall–Kier alpha value is -7.23. The molecule has 1 heterocycles. The summed E-state index contributed by atoms with van der Waals surface area (Å²) in [6.45, 7) is 0. The van der Waals surface area contributed by atoms with Crippen LogP contribution in [0.4, 0.5) is 0 Å². The Labute approximate surface area is 312 Å². The molecule has 3 nitrogen and oxygen atoms in total. The summed E-state index contributed by atoms with van der Waals surface area (Å²) in [4.78, 5) is 15.4. The van der Waals surface area contributed by atoms with E-state index in [4.69, 9.17) is 15.0 Å². The van der Waals surface area contributed by atoms with Gasteiger partial charge in [-0.05, 0) is 82.9 Å². The number of aromatic nitrogens is 3. The summed E-state index contributed by atoms with van der Waals surface area (Å²) in [5.41, 5.74) is 7.62. The zero-order valence-corrected chi connectivity index (χ0v) is 29.2. The van der Waals surface area contributed by atoms with Gasteiger partial charge >= 0.3 is 0 Å². The van der Waals surface area contributed by atoms with Gasteiger partial charge in [0.25, 0.3) is 0 Å². The van der Waals surface area contributed by atoms with Crippen LogP contribution in [0.2, 0.25) is 0 Å². The second-order valence-electron chi connectivity index (χ2n) is 14.0. The number of nitrogens with zero attached hydrogens (tertiary/aromatic N) is 3. The molecule has 0 spiro atoms. The van der Waals surface area contributed by atoms with Gasteiger partial charge in [-0.3, -0.25) is 0 Å². The molecule has 0 aliphatic carbocycles. The van der Waals surface area contributed by atoms with Gasteiger partial charge in [0.05, 0.1) is 0 Å². The molecular formula is C51H31N3. The van der Waals surface area contributed by atoms with E-state index in [9.17, 15) is 0 Å². The zero-order chi connectivity index (χ0) is 35.6. The first-order valence-electron chi connectivity index (χ1n) is 18.4. The Morgan fingerprint density at radius 1 is 0.241 bits per heavy atom. The number of fused-ring (bicyclic) bond motifs is 2. The quantitative estimate of drug-likeness (QED) is 0.169. The smallest absolute Gasteiger partial charge is 0.164 e. The summed E-state index contributed by atoms with van der Waals surface area (Å²) in [5.74, 6) is 1.94. The van der Waals surface area contributed by atoms with E-state index in [0.29, 0.717) is 17.5 Å². The van der Waals surface area contributed by atoms with Gasteiger partial charge in [-0.2, -0.15) is 0 Å². The lowest BCUT2D eigenvalue weighted by Gasteiger charge is -2.15. The van der Waals surface area contributed by atoms with Crippen molar-refractivity contribution >= 4 is 53.9 Å². The third kappa shape index (κ3) is 4.94. The van der Waals surface area contributed by atoms with Gasteiger partial charge in [0, 0.05) is 22.1 Å². The van der Waals surface area contributed by atoms with Crippen molar-refractivity contribution in [3.8, 4) is 56.4 Å². The van der Waals surface area contributed by atoms with Crippen molar-refractivity contribution < 1.29 is 0 Å². The Balaban J connectivity index is 1.06. The molecule has 0 saturated heterocycles. The van der Waals surface area contributed by atoms with E-state index >= 15 is 0 Å². The molecule has 0 N–H and O–H groups in total. The van der Waals surface area contributed by atoms with Gasteiger partial charge in [-0.1, -0.05) is 176 Å². The van der Waals surface area contributed by atoms with Crippen molar-refractivity contribution in [3.63, 3.8) is 0 Å². The van der Waals surface area contributed by atoms with Gasteiger partial charge < -0.3 is 0 Å². The summed E-state index contributed by atoms with van der Waals surface area (Å²) >= 11 is 0. The highest BCUT2D eigenvalue weighted by molar-refractivity contribution is 6.25. The third-order valence-electron chi connectivity index (χ3n) is 10.8. The maximum Gasteiger partial charge on any atom is 0.164 e. The molecule has 0 aliphatic heterocycles. The van der Waals surface area contributed by atoms with Crippen LogP contribution in [-0.4, -0.2) is 15.0 Å². The normalized spacial score (nSPS) is 11.7. The predicted molar refractivity (Wildman–Crippen MR) is 226 cm³/mol. The van der Waals surface area contributed by atoms with E-state index in [1.54, 1.807) is 0 Å². The second-order valence-corrected chi connectivity index (χ2v) is 14.0. The Bertz CT molecular complexity index is 3180. The molecule has 0 unspecified atom stereocenters. The first kappa shape index (κ1) is 30.4. The van der Waals surface area contributed by atoms with E-state index in [0.717, 1.165) is 44.0 Å². The van der Waals surface area contributed by atoms with Crippen molar-refractivity contribution in [2.45, 2.75) is 0 Å². The molecule has 54 heavy (non-hydrogen) atoms. The van der Waals surface area contributed by atoms with Crippen molar-refractivity contribution in [1.82, 2.24) is 15.0 Å². The molecule has 0 bridgehead atoms. The van der Waals surface area contributed by atoms with Crippen molar-refractivity contribution in [1.29, 1.82) is 0 Å². The molecule has 0 fully saturated rings. The van der Waals surface area contributed by atoms with E-state index < -0.39 is 0 Å². The SMILES string of the molecule is c1ccc(-c2nc(-c3ccc4cc(-c5ccc6ccc7cccc8ccc5c6c78)ccc4c3)nc(-c3cccc4cccc(-c5ccccc5)c34)n2)cc1. The highest BCUT2D eigenvalue weighted by Crippen LogP contribution is 2.41. The average Bonchev–Trinajstić information content (AvgIpc) is 3.25. The maximum atomic E-state index is 5.21. The minimum atomic E-state index is 0.644. The van der Waals surface area contributed by atoms with Gasteiger partial charge in [0.1, 0.15) is 0 Å². The van der Waals surface area contributed by atoms with E-state index in [1.807, 2.05) is 18.2 Å². The van der Waals surface area contributed by atoms with Gasteiger partial charge in [-0.15, -0.1) is 0 Å². The summed E-state index contributed by atoms with van der Waals surface area (Å²) in [6.07, 6.45) is 0. The molecule has 11 aromatic rings.